The Hall–Kier alpha value is -2.66. The zero-order valence-electron chi connectivity index (χ0n) is 15.5. The van der Waals surface area contributed by atoms with Crippen molar-refractivity contribution in [2.75, 3.05) is 0 Å². The number of carbonyl (C=O) groups is 1. The van der Waals surface area contributed by atoms with Gasteiger partial charge < -0.3 is 5.32 Å². The number of amides is 1. The molecule has 0 saturated heterocycles. The van der Waals surface area contributed by atoms with Gasteiger partial charge in [-0.1, -0.05) is 54.8 Å². The minimum atomic E-state index is -0.0909. The van der Waals surface area contributed by atoms with Gasteiger partial charge in [0.1, 0.15) is 0 Å². The van der Waals surface area contributed by atoms with Crippen molar-refractivity contribution in [1.29, 1.82) is 0 Å². The minimum absolute atomic E-state index is 0.0428. The van der Waals surface area contributed by atoms with E-state index in [9.17, 15) is 9.59 Å². The van der Waals surface area contributed by atoms with Gasteiger partial charge >= 0.3 is 0 Å². The van der Waals surface area contributed by atoms with Crippen molar-refractivity contribution < 1.29 is 4.79 Å². The highest BCUT2D eigenvalue weighted by molar-refractivity contribution is 6.30. The van der Waals surface area contributed by atoms with Crippen molar-refractivity contribution in [3.63, 3.8) is 0 Å². The average Bonchev–Trinajstić information content (AvgIpc) is 3.24. The lowest BCUT2D eigenvalue weighted by Crippen LogP contribution is -2.30. The van der Waals surface area contributed by atoms with Crippen LogP contribution in [-0.4, -0.2) is 15.7 Å². The molecule has 2 aromatic carbocycles. The molecule has 3 aromatic rings. The van der Waals surface area contributed by atoms with Crippen molar-refractivity contribution >= 4 is 28.3 Å². The third-order valence-corrected chi connectivity index (χ3v) is 5.56. The van der Waals surface area contributed by atoms with Crippen LogP contribution in [0.3, 0.4) is 0 Å². The molecular formula is C22H22ClN3O2. The van der Waals surface area contributed by atoms with Crippen LogP contribution in [0.4, 0.5) is 0 Å². The van der Waals surface area contributed by atoms with Gasteiger partial charge in [-0.25, -0.2) is 4.68 Å². The molecule has 1 amide bonds. The van der Waals surface area contributed by atoms with Crippen molar-refractivity contribution in [2.24, 2.45) is 0 Å². The summed E-state index contributed by atoms with van der Waals surface area (Å²) >= 11 is 5.89. The first-order valence-corrected chi connectivity index (χ1v) is 10.0. The van der Waals surface area contributed by atoms with E-state index in [0.717, 1.165) is 42.3 Å². The van der Waals surface area contributed by atoms with Gasteiger partial charge in [0.25, 0.3) is 5.56 Å². The van der Waals surface area contributed by atoms with Crippen LogP contribution in [0, 0.1) is 0 Å². The number of benzene rings is 2. The molecule has 4 rings (SSSR count). The van der Waals surface area contributed by atoms with E-state index in [-0.39, 0.29) is 23.9 Å². The molecule has 0 radical (unpaired) electrons. The fraction of sp³-hybridized carbons (Fsp3) is 0.318. The Labute approximate surface area is 168 Å². The number of rotatable bonds is 5. The first-order chi connectivity index (χ1) is 13.6. The van der Waals surface area contributed by atoms with E-state index in [1.807, 2.05) is 36.4 Å². The summed E-state index contributed by atoms with van der Waals surface area (Å²) in [5, 5.41) is 9.69. The first-order valence-electron chi connectivity index (χ1n) is 9.63. The topological polar surface area (TPSA) is 64.0 Å². The van der Waals surface area contributed by atoms with E-state index in [4.69, 9.17) is 11.6 Å². The highest BCUT2D eigenvalue weighted by Gasteiger charge is 2.21. The van der Waals surface area contributed by atoms with Gasteiger partial charge in [-0.2, -0.15) is 5.10 Å². The number of aromatic nitrogens is 2. The molecule has 1 aromatic heterocycles. The monoisotopic (exact) mass is 395 g/mol. The zero-order chi connectivity index (χ0) is 19.5. The van der Waals surface area contributed by atoms with Crippen LogP contribution in [0.1, 0.15) is 43.0 Å². The summed E-state index contributed by atoms with van der Waals surface area (Å²) < 4.78 is 1.63. The van der Waals surface area contributed by atoms with Gasteiger partial charge in [0.15, 0.2) is 0 Å². The molecule has 144 valence electrons. The van der Waals surface area contributed by atoms with Crippen molar-refractivity contribution in [3.05, 3.63) is 75.2 Å². The number of hydrogen-bond donors (Lipinski definition) is 1. The van der Waals surface area contributed by atoms with Crippen molar-refractivity contribution in [1.82, 2.24) is 15.1 Å². The molecule has 28 heavy (non-hydrogen) atoms. The molecule has 1 heterocycles. The predicted octanol–water partition coefficient (Wildman–Crippen LogP) is 4.02. The molecule has 1 aliphatic carbocycles. The summed E-state index contributed by atoms with van der Waals surface area (Å²) in [6.07, 6.45) is 4.48. The standard InChI is InChI=1S/C22H22ClN3O2/c23-16-11-9-15(10-12-16)13-21(27)24-14-20-18-7-3-4-8-19(18)22(28)26(25-20)17-5-1-2-6-17/h3-4,7-12,17H,1-2,5-6,13-14H2,(H,24,27). The maximum absolute atomic E-state index is 12.9. The quantitative estimate of drug-likeness (QED) is 0.709. The molecule has 1 N–H and O–H groups in total. The molecule has 1 aliphatic rings. The fourth-order valence-corrected chi connectivity index (χ4v) is 3.96. The highest BCUT2D eigenvalue weighted by Crippen LogP contribution is 2.28. The number of carbonyl (C=O) groups excluding carboxylic acids is 1. The van der Waals surface area contributed by atoms with Gasteiger partial charge in [0, 0.05) is 10.4 Å². The van der Waals surface area contributed by atoms with Crippen LogP contribution in [0.2, 0.25) is 5.02 Å². The molecule has 0 aliphatic heterocycles. The van der Waals surface area contributed by atoms with Crippen LogP contribution >= 0.6 is 11.6 Å². The Kier molecular flexibility index (Phi) is 5.44. The second kappa shape index (κ2) is 8.15. The van der Waals surface area contributed by atoms with Crippen molar-refractivity contribution in [2.45, 2.75) is 44.7 Å². The van der Waals surface area contributed by atoms with E-state index < -0.39 is 0 Å². The molecule has 0 bridgehead atoms. The zero-order valence-corrected chi connectivity index (χ0v) is 16.3. The number of fused-ring (bicyclic) bond motifs is 1. The predicted molar refractivity (Wildman–Crippen MR) is 111 cm³/mol. The Morgan fingerprint density at radius 3 is 2.46 bits per heavy atom. The lowest BCUT2D eigenvalue weighted by atomic mass is 10.1. The summed E-state index contributed by atoms with van der Waals surface area (Å²) in [5.74, 6) is -0.0909. The van der Waals surface area contributed by atoms with Gasteiger partial charge in [0.05, 0.1) is 30.1 Å². The summed E-state index contributed by atoms with van der Waals surface area (Å²) in [4.78, 5) is 25.3. The Balaban J connectivity index is 1.57. The Bertz CT molecular complexity index is 1050. The smallest absolute Gasteiger partial charge is 0.274 e. The Morgan fingerprint density at radius 2 is 1.75 bits per heavy atom. The summed E-state index contributed by atoms with van der Waals surface area (Å²) in [6, 6.07) is 14.9. The Morgan fingerprint density at radius 1 is 1.07 bits per heavy atom. The second-order valence-corrected chi connectivity index (χ2v) is 7.70. The molecule has 0 atom stereocenters. The van der Waals surface area contributed by atoms with E-state index in [1.54, 1.807) is 16.8 Å². The largest absolute Gasteiger partial charge is 0.350 e. The van der Waals surface area contributed by atoms with Gasteiger partial charge in [-0.3, -0.25) is 9.59 Å². The molecule has 6 heteroatoms. The molecule has 0 unspecified atom stereocenters. The van der Waals surface area contributed by atoms with Gasteiger partial charge in [-0.05, 0) is 36.6 Å². The van der Waals surface area contributed by atoms with Crippen LogP contribution in [-0.2, 0) is 17.8 Å². The van der Waals surface area contributed by atoms with Gasteiger partial charge in [-0.15, -0.1) is 0 Å². The summed E-state index contributed by atoms with van der Waals surface area (Å²) in [6.45, 7) is 0.292. The van der Waals surface area contributed by atoms with E-state index in [1.165, 1.54) is 0 Å². The van der Waals surface area contributed by atoms with Crippen molar-refractivity contribution in [3.8, 4) is 0 Å². The summed E-state index contributed by atoms with van der Waals surface area (Å²) in [7, 11) is 0. The minimum Gasteiger partial charge on any atom is -0.350 e. The fourth-order valence-electron chi connectivity index (χ4n) is 3.83. The lowest BCUT2D eigenvalue weighted by molar-refractivity contribution is -0.120. The molecular weight excluding hydrogens is 374 g/mol. The third-order valence-electron chi connectivity index (χ3n) is 5.31. The van der Waals surface area contributed by atoms with Crippen LogP contribution in [0.25, 0.3) is 10.8 Å². The number of nitrogens with zero attached hydrogens (tertiary/aromatic N) is 2. The maximum atomic E-state index is 12.9. The van der Waals surface area contributed by atoms with Crippen LogP contribution in [0.15, 0.2) is 53.3 Å². The highest BCUT2D eigenvalue weighted by atomic mass is 35.5. The second-order valence-electron chi connectivity index (χ2n) is 7.26. The van der Waals surface area contributed by atoms with E-state index >= 15 is 0 Å². The van der Waals surface area contributed by atoms with E-state index in [2.05, 4.69) is 10.4 Å². The summed E-state index contributed by atoms with van der Waals surface area (Å²) in [5.41, 5.74) is 1.58. The normalized spacial score (nSPS) is 14.5. The van der Waals surface area contributed by atoms with Crippen LogP contribution < -0.4 is 10.9 Å². The molecule has 5 nitrogen and oxygen atoms in total. The average molecular weight is 396 g/mol. The molecule has 1 fully saturated rings. The van der Waals surface area contributed by atoms with E-state index in [0.29, 0.717) is 17.0 Å². The number of halogens is 1. The third kappa shape index (κ3) is 3.94. The molecule has 1 saturated carbocycles. The number of hydrogen-bond acceptors (Lipinski definition) is 3. The lowest BCUT2D eigenvalue weighted by Gasteiger charge is -2.16. The van der Waals surface area contributed by atoms with Gasteiger partial charge in [0.2, 0.25) is 5.91 Å². The number of nitrogens with one attached hydrogen (secondary N) is 1. The SMILES string of the molecule is O=C(Cc1ccc(Cl)cc1)NCc1nn(C2CCCC2)c(=O)c2ccccc12. The maximum Gasteiger partial charge on any atom is 0.274 e. The first kappa shape index (κ1) is 18.7. The van der Waals surface area contributed by atoms with Crippen LogP contribution in [0.5, 0.6) is 0 Å². The molecule has 0 spiro atoms.